The van der Waals surface area contributed by atoms with Crippen LogP contribution in [-0.2, 0) is 6.18 Å². The molecule has 2 rings (SSSR count). The summed E-state index contributed by atoms with van der Waals surface area (Å²) >= 11 is 0. The molecule has 1 unspecified atom stereocenters. The Morgan fingerprint density at radius 2 is 2.00 bits per heavy atom. The normalized spacial score (nSPS) is 13.2. The molecule has 0 bridgehead atoms. The lowest BCUT2D eigenvalue weighted by Gasteiger charge is -2.12. The summed E-state index contributed by atoms with van der Waals surface area (Å²) in [6.45, 7) is 1.78. The smallest absolute Gasteiger partial charge is 0.418 e. The molecule has 0 spiro atoms. The first-order valence-electron chi connectivity index (χ1n) is 5.97. The van der Waals surface area contributed by atoms with Crippen LogP contribution in [0.25, 0.3) is 5.69 Å². The molecule has 0 amide bonds. The van der Waals surface area contributed by atoms with Crippen molar-refractivity contribution in [3.8, 4) is 11.4 Å². The van der Waals surface area contributed by atoms with Gasteiger partial charge in [-0.15, -0.1) is 0 Å². The Hall–Kier alpha value is -2.02. The predicted molar refractivity (Wildman–Crippen MR) is 67.7 cm³/mol. The molecule has 2 aromatic rings. The average molecular weight is 285 g/mol. The highest BCUT2D eigenvalue weighted by atomic mass is 19.4. The maximum absolute atomic E-state index is 12.9. The highest BCUT2D eigenvalue weighted by Gasteiger charge is 2.33. The van der Waals surface area contributed by atoms with Gasteiger partial charge in [0.2, 0.25) is 0 Å². The molecule has 0 saturated heterocycles. The number of aromatic nitrogens is 2. The summed E-state index contributed by atoms with van der Waals surface area (Å²) in [7, 11) is 1.72. The molecule has 1 atom stereocenters. The van der Waals surface area contributed by atoms with Gasteiger partial charge in [-0.2, -0.15) is 18.3 Å². The first-order chi connectivity index (χ1) is 9.41. The Bertz CT molecular complexity index is 580. The third kappa shape index (κ3) is 3.11. The molecule has 7 heteroatoms. The topological polar surface area (TPSA) is 39.1 Å². The minimum Gasteiger partial charge on any atom is -0.472 e. The Labute approximate surface area is 114 Å². The van der Waals surface area contributed by atoms with Gasteiger partial charge in [0, 0.05) is 0 Å². The largest absolute Gasteiger partial charge is 0.472 e. The summed E-state index contributed by atoms with van der Waals surface area (Å²) < 4.78 is 45.3. The molecule has 1 heterocycles. The predicted octanol–water partition coefficient (Wildman–Crippen LogP) is 2.84. The second-order valence-electron chi connectivity index (χ2n) is 4.18. The van der Waals surface area contributed by atoms with Gasteiger partial charge in [0.15, 0.2) is 5.75 Å². The van der Waals surface area contributed by atoms with Gasteiger partial charge in [0.25, 0.3) is 0 Å². The fourth-order valence-corrected chi connectivity index (χ4v) is 1.68. The monoisotopic (exact) mass is 285 g/mol. The van der Waals surface area contributed by atoms with E-state index in [1.165, 1.54) is 30.6 Å². The first kappa shape index (κ1) is 14.4. The lowest BCUT2D eigenvalue weighted by Crippen LogP contribution is -2.27. The van der Waals surface area contributed by atoms with Gasteiger partial charge >= 0.3 is 6.18 Å². The van der Waals surface area contributed by atoms with Gasteiger partial charge in [0.1, 0.15) is 6.23 Å². The Kier molecular flexibility index (Phi) is 3.99. The number of ether oxygens (including phenoxy) is 1. The van der Waals surface area contributed by atoms with E-state index in [1.807, 2.05) is 0 Å². The number of rotatable bonds is 4. The van der Waals surface area contributed by atoms with E-state index < -0.39 is 11.7 Å². The van der Waals surface area contributed by atoms with Crippen LogP contribution < -0.4 is 10.1 Å². The molecule has 0 fully saturated rings. The van der Waals surface area contributed by atoms with E-state index >= 15 is 0 Å². The van der Waals surface area contributed by atoms with Crippen molar-refractivity contribution in [3.05, 3.63) is 42.2 Å². The van der Waals surface area contributed by atoms with Crippen LogP contribution >= 0.6 is 0 Å². The lowest BCUT2D eigenvalue weighted by atomic mass is 10.2. The SMILES string of the molecule is CNC(C)Oc1cnn(-c2ccccc2C(F)(F)F)c1. The van der Waals surface area contributed by atoms with Crippen LogP contribution in [0.1, 0.15) is 12.5 Å². The van der Waals surface area contributed by atoms with Gasteiger partial charge in [0.05, 0.1) is 23.6 Å². The standard InChI is InChI=1S/C13H14F3N3O/c1-9(17-2)20-10-7-18-19(8-10)12-6-4-3-5-11(12)13(14,15)16/h3-9,17H,1-2H3. The van der Waals surface area contributed by atoms with Crippen LogP contribution in [0.5, 0.6) is 5.75 Å². The summed E-state index contributed by atoms with van der Waals surface area (Å²) in [5.41, 5.74) is -0.775. The van der Waals surface area contributed by atoms with Gasteiger partial charge in [-0.1, -0.05) is 12.1 Å². The van der Waals surface area contributed by atoms with E-state index in [0.717, 1.165) is 10.7 Å². The zero-order valence-electron chi connectivity index (χ0n) is 11.0. The number of para-hydroxylation sites is 1. The van der Waals surface area contributed by atoms with E-state index in [9.17, 15) is 13.2 Å². The van der Waals surface area contributed by atoms with E-state index in [4.69, 9.17) is 4.74 Å². The zero-order valence-corrected chi connectivity index (χ0v) is 11.0. The van der Waals surface area contributed by atoms with Crippen molar-refractivity contribution in [2.75, 3.05) is 7.05 Å². The van der Waals surface area contributed by atoms with Gasteiger partial charge in [-0.25, -0.2) is 4.68 Å². The number of alkyl halides is 3. The third-order valence-corrected chi connectivity index (χ3v) is 2.73. The quantitative estimate of drug-likeness (QED) is 0.878. The summed E-state index contributed by atoms with van der Waals surface area (Å²) in [5.74, 6) is 0.392. The maximum atomic E-state index is 12.9. The van der Waals surface area contributed by atoms with E-state index in [0.29, 0.717) is 5.75 Å². The summed E-state index contributed by atoms with van der Waals surface area (Å²) in [6, 6.07) is 5.26. The lowest BCUT2D eigenvalue weighted by molar-refractivity contribution is -0.137. The van der Waals surface area contributed by atoms with Crippen molar-refractivity contribution < 1.29 is 17.9 Å². The fraction of sp³-hybridized carbons (Fsp3) is 0.308. The Balaban J connectivity index is 2.33. The summed E-state index contributed by atoms with van der Waals surface area (Å²) in [4.78, 5) is 0. The minimum absolute atomic E-state index is 0.0352. The van der Waals surface area contributed by atoms with E-state index in [-0.39, 0.29) is 11.9 Å². The first-order valence-corrected chi connectivity index (χ1v) is 5.97. The average Bonchev–Trinajstić information content (AvgIpc) is 2.86. The molecular formula is C13H14F3N3O. The number of hydrogen-bond donors (Lipinski definition) is 1. The van der Waals surface area contributed by atoms with Crippen molar-refractivity contribution in [1.29, 1.82) is 0 Å². The zero-order chi connectivity index (χ0) is 14.8. The number of nitrogens with one attached hydrogen (secondary N) is 1. The molecule has 1 aromatic heterocycles. The van der Waals surface area contributed by atoms with Crippen LogP contribution in [0, 0.1) is 0 Å². The van der Waals surface area contributed by atoms with Crippen molar-refractivity contribution in [2.45, 2.75) is 19.3 Å². The summed E-state index contributed by atoms with van der Waals surface area (Å²) in [6.07, 6.45) is -1.90. The molecule has 0 aliphatic carbocycles. The number of benzene rings is 1. The minimum atomic E-state index is -4.43. The molecule has 0 radical (unpaired) electrons. The van der Waals surface area contributed by atoms with E-state index in [2.05, 4.69) is 10.4 Å². The summed E-state index contributed by atoms with van der Waals surface area (Å²) in [5, 5.41) is 6.77. The molecule has 1 N–H and O–H groups in total. The highest BCUT2D eigenvalue weighted by Crippen LogP contribution is 2.33. The Morgan fingerprint density at radius 1 is 1.30 bits per heavy atom. The molecule has 0 aliphatic heterocycles. The van der Waals surface area contributed by atoms with Crippen molar-refractivity contribution in [3.63, 3.8) is 0 Å². The molecule has 20 heavy (non-hydrogen) atoms. The molecule has 108 valence electrons. The van der Waals surface area contributed by atoms with E-state index in [1.54, 1.807) is 14.0 Å². The van der Waals surface area contributed by atoms with Gasteiger partial charge in [-0.05, 0) is 26.1 Å². The molecular weight excluding hydrogens is 271 g/mol. The highest BCUT2D eigenvalue weighted by molar-refractivity contribution is 5.42. The molecule has 0 saturated carbocycles. The van der Waals surface area contributed by atoms with Gasteiger partial charge < -0.3 is 4.74 Å². The second-order valence-corrected chi connectivity index (χ2v) is 4.18. The fourth-order valence-electron chi connectivity index (χ4n) is 1.68. The van der Waals surface area contributed by atoms with Crippen LogP contribution in [0.15, 0.2) is 36.7 Å². The van der Waals surface area contributed by atoms with Crippen molar-refractivity contribution >= 4 is 0 Å². The van der Waals surface area contributed by atoms with Crippen molar-refractivity contribution in [2.24, 2.45) is 0 Å². The number of halogens is 3. The van der Waals surface area contributed by atoms with Crippen LogP contribution in [-0.4, -0.2) is 23.1 Å². The number of hydrogen-bond acceptors (Lipinski definition) is 3. The number of nitrogens with zero attached hydrogens (tertiary/aromatic N) is 2. The molecule has 1 aromatic carbocycles. The van der Waals surface area contributed by atoms with Crippen LogP contribution in [0.2, 0.25) is 0 Å². The molecule has 4 nitrogen and oxygen atoms in total. The van der Waals surface area contributed by atoms with Crippen LogP contribution in [0.4, 0.5) is 13.2 Å². The maximum Gasteiger partial charge on any atom is 0.418 e. The Morgan fingerprint density at radius 3 is 2.65 bits per heavy atom. The van der Waals surface area contributed by atoms with Crippen LogP contribution in [0.3, 0.4) is 0 Å². The molecule has 0 aliphatic rings. The third-order valence-electron chi connectivity index (χ3n) is 2.73. The van der Waals surface area contributed by atoms with Gasteiger partial charge in [-0.3, -0.25) is 5.32 Å². The van der Waals surface area contributed by atoms with Crippen molar-refractivity contribution in [1.82, 2.24) is 15.1 Å². The second kappa shape index (κ2) is 5.54.